The van der Waals surface area contributed by atoms with Crippen molar-refractivity contribution < 1.29 is 32.9 Å². The highest BCUT2D eigenvalue weighted by atomic mass is 31.2. The number of carbonyl (C=O) groups is 2. The van der Waals surface area contributed by atoms with E-state index in [0.717, 1.165) is 12.8 Å². The Labute approximate surface area is 199 Å². The summed E-state index contributed by atoms with van der Waals surface area (Å²) in [5.41, 5.74) is 1.19. The van der Waals surface area contributed by atoms with Gasteiger partial charge >= 0.3 is 5.97 Å². The van der Waals surface area contributed by atoms with Gasteiger partial charge in [0, 0.05) is 12.6 Å². The van der Waals surface area contributed by atoms with Gasteiger partial charge in [-0.05, 0) is 56.0 Å². The molecule has 7 nitrogen and oxygen atoms in total. The van der Waals surface area contributed by atoms with E-state index < -0.39 is 37.2 Å². The molecule has 0 radical (unpaired) electrons. The second-order valence-electron chi connectivity index (χ2n) is 8.39. The van der Waals surface area contributed by atoms with Crippen LogP contribution in [0.3, 0.4) is 0 Å². The zero-order valence-electron chi connectivity index (χ0n) is 19.3. The van der Waals surface area contributed by atoms with E-state index in [-0.39, 0.29) is 31.9 Å². The van der Waals surface area contributed by atoms with Gasteiger partial charge in [0.25, 0.3) is 0 Å². The van der Waals surface area contributed by atoms with Crippen molar-refractivity contribution >= 4 is 19.2 Å². The lowest BCUT2D eigenvalue weighted by molar-refractivity contribution is -0.147. The maximum Gasteiger partial charge on any atom is 0.326 e. The average Bonchev–Trinajstić information content (AvgIpc) is 3.24. The molecule has 2 aromatic carbocycles. The number of rotatable bonds is 12. The number of aliphatic carboxylic acids is 1. The molecule has 1 amide bonds. The van der Waals surface area contributed by atoms with Crippen molar-refractivity contribution in [3.05, 3.63) is 66.0 Å². The van der Waals surface area contributed by atoms with E-state index in [9.17, 15) is 23.7 Å². The molecular formula is C25H31FNO6P. The number of carboxylic acids is 1. The van der Waals surface area contributed by atoms with Gasteiger partial charge in [-0.3, -0.25) is 9.36 Å². The molecule has 184 valence electrons. The number of amides is 1. The summed E-state index contributed by atoms with van der Waals surface area (Å²) >= 11 is 0. The summed E-state index contributed by atoms with van der Waals surface area (Å²) in [7, 11) is -3.26. The highest BCUT2D eigenvalue weighted by Crippen LogP contribution is 2.48. The van der Waals surface area contributed by atoms with Crippen molar-refractivity contribution in [1.29, 1.82) is 0 Å². The normalized spacial score (nSPS) is 19.5. The molecule has 1 aliphatic rings. The number of carbonyl (C=O) groups excluding carboxylic acids is 1. The molecule has 1 saturated heterocycles. The summed E-state index contributed by atoms with van der Waals surface area (Å²) in [6.07, 6.45) is 1.75. The minimum atomic E-state index is -3.26. The fourth-order valence-electron chi connectivity index (χ4n) is 4.15. The van der Waals surface area contributed by atoms with Gasteiger partial charge in [-0.2, -0.15) is 0 Å². The number of ether oxygens (including phenoxy) is 1. The second-order valence-corrected chi connectivity index (χ2v) is 11.0. The summed E-state index contributed by atoms with van der Waals surface area (Å²) < 4.78 is 37.8. The van der Waals surface area contributed by atoms with Gasteiger partial charge in [0.1, 0.15) is 29.9 Å². The Morgan fingerprint density at radius 2 is 1.82 bits per heavy atom. The maximum atomic E-state index is 13.4. The monoisotopic (exact) mass is 491 g/mol. The van der Waals surface area contributed by atoms with Crippen LogP contribution in [0, 0.1) is 5.82 Å². The molecule has 0 saturated carbocycles. The molecule has 9 heteroatoms. The van der Waals surface area contributed by atoms with Crippen molar-refractivity contribution in [3.8, 4) is 5.75 Å². The van der Waals surface area contributed by atoms with Crippen LogP contribution in [-0.4, -0.2) is 59.5 Å². The third-order valence-corrected chi connectivity index (χ3v) is 8.26. The molecule has 1 N–H and O–H groups in total. The number of unbranched alkanes of at least 4 members (excludes halogenated alkanes) is 1. The van der Waals surface area contributed by atoms with Crippen molar-refractivity contribution in [2.24, 2.45) is 0 Å². The van der Waals surface area contributed by atoms with E-state index in [1.165, 1.54) is 34.7 Å². The van der Waals surface area contributed by atoms with Gasteiger partial charge in [-0.25, -0.2) is 9.18 Å². The van der Waals surface area contributed by atoms with Crippen LogP contribution in [-0.2, 0) is 25.1 Å². The standard InChI is InChI=1S/C25H31FNO6P/c1-2-32-34(31,15-7-6-10-19-8-4-3-5-9-19)18-24(28)27-17-22(16-23(27)25(29)30)33-21-13-11-20(26)12-14-21/h3-5,8-9,11-14,22-23H,2,6-7,10,15-18H2,1H3,(H,29,30)/t22-,23-,34?/m0/s1. The predicted octanol–water partition coefficient (Wildman–Crippen LogP) is 4.60. The Morgan fingerprint density at radius 3 is 2.47 bits per heavy atom. The van der Waals surface area contributed by atoms with Crippen LogP contribution >= 0.6 is 7.37 Å². The minimum absolute atomic E-state index is 0.0489. The first-order valence-corrected chi connectivity index (χ1v) is 13.5. The van der Waals surface area contributed by atoms with Crippen LogP contribution in [0.1, 0.15) is 31.7 Å². The van der Waals surface area contributed by atoms with Crippen LogP contribution in [0.15, 0.2) is 54.6 Å². The summed E-state index contributed by atoms with van der Waals surface area (Å²) in [5.74, 6) is -1.68. The highest BCUT2D eigenvalue weighted by molar-refractivity contribution is 7.59. The first kappa shape index (κ1) is 25.9. The van der Waals surface area contributed by atoms with E-state index in [0.29, 0.717) is 12.2 Å². The molecule has 2 aromatic rings. The number of hydrogen-bond acceptors (Lipinski definition) is 5. The molecule has 3 rings (SSSR count). The first-order valence-electron chi connectivity index (χ1n) is 11.5. The zero-order chi connectivity index (χ0) is 24.6. The second kappa shape index (κ2) is 12.1. The average molecular weight is 491 g/mol. The molecule has 3 atom stereocenters. The SMILES string of the molecule is CCOP(=O)(CCCCc1ccccc1)CC(=O)N1C[C@@H](Oc2ccc(F)cc2)C[C@H]1C(=O)O. The number of nitrogens with zero attached hydrogens (tertiary/aromatic N) is 1. The van der Waals surface area contributed by atoms with Gasteiger partial charge < -0.3 is 19.3 Å². The van der Waals surface area contributed by atoms with Crippen LogP contribution in [0.5, 0.6) is 5.75 Å². The molecular weight excluding hydrogens is 460 g/mol. The van der Waals surface area contributed by atoms with Gasteiger partial charge in [0.15, 0.2) is 0 Å². The molecule has 1 aliphatic heterocycles. The maximum absolute atomic E-state index is 13.4. The van der Waals surface area contributed by atoms with E-state index >= 15 is 0 Å². The lowest BCUT2D eigenvalue weighted by atomic mass is 10.1. The van der Waals surface area contributed by atoms with E-state index in [1.807, 2.05) is 30.3 Å². The Bertz CT molecular complexity index is 1000. The number of halogens is 1. The van der Waals surface area contributed by atoms with Crippen molar-refractivity contribution in [2.45, 2.75) is 44.8 Å². The van der Waals surface area contributed by atoms with E-state index in [1.54, 1.807) is 6.92 Å². The number of likely N-dealkylation sites (tertiary alicyclic amines) is 1. The van der Waals surface area contributed by atoms with Crippen molar-refractivity contribution in [1.82, 2.24) is 4.90 Å². The predicted molar refractivity (Wildman–Crippen MR) is 127 cm³/mol. The summed E-state index contributed by atoms with van der Waals surface area (Å²) in [6, 6.07) is 14.3. The largest absolute Gasteiger partial charge is 0.488 e. The van der Waals surface area contributed by atoms with E-state index in [2.05, 4.69) is 0 Å². The van der Waals surface area contributed by atoms with Gasteiger partial charge in [-0.15, -0.1) is 0 Å². The lowest BCUT2D eigenvalue weighted by Gasteiger charge is -2.24. The summed E-state index contributed by atoms with van der Waals surface area (Å²) in [6.45, 7) is 1.98. The molecule has 0 spiro atoms. The number of carboxylic acid groups (broad SMARTS) is 1. The van der Waals surface area contributed by atoms with Crippen LogP contribution in [0.2, 0.25) is 0 Å². The van der Waals surface area contributed by atoms with Crippen molar-refractivity contribution in [2.75, 3.05) is 25.5 Å². The van der Waals surface area contributed by atoms with Gasteiger partial charge in [-0.1, -0.05) is 30.3 Å². The number of hydrogen-bond donors (Lipinski definition) is 1. The molecule has 1 fully saturated rings. The fourth-order valence-corrected chi connectivity index (χ4v) is 6.29. The molecule has 1 heterocycles. The van der Waals surface area contributed by atoms with Gasteiger partial charge in [0.05, 0.1) is 13.2 Å². The zero-order valence-corrected chi connectivity index (χ0v) is 20.2. The quantitative estimate of drug-likeness (QED) is 0.345. The van der Waals surface area contributed by atoms with Crippen LogP contribution in [0.4, 0.5) is 4.39 Å². The Morgan fingerprint density at radius 1 is 1.12 bits per heavy atom. The molecule has 0 aliphatic carbocycles. The van der Waals surface area contributed by atoms with Crippen molar-refractivity contribution in [3.63, 3.8) is 0 Å². The fraction of sp³-hybridized carbons (Fsp3) is 0.440. The Kier molecular flexibility index (Phi) is 9.25. The van der Waals surface area contributed by atoms with Crippen LogP contribution < -0.4 is 4.74 Å². The smallest absolute Gasteiger partial charge is 0.326 e. The number of benzene rings is 2. The molecule has 1 unspecified atom stereocenters. The Hall–Kier alpha value is -2.70. The highest BCUT2D eigenvalue weighted by Gasteiger charge is 2.42. The third kappa shape index (κ3) is 7.40. The first-order chi connectivity index (χ1) is 16.3. The molecule has 34 heavy (non-hydrogen) atoms. The summed E-state index contributed by atoms with van der Waals surface area (Å²) in [4.78, 5) is 26.1. The third-order valence-electron chi connectivity index (χ3n) is 5.78. The van der Waals surface area contributed by atoms with Crippen LogP contribution in [0.25, 0.3) is 0 Å². The van der Waals surface area contributed by atoms with Gasteiger partial charge in [0.2, 0.25) is 13.3 Å². The van der Waals surface area contributed by atoms with E-state index in [4.69, 9.17) is 9.26 Å². The summed E-state index contributed by atoms with van der Waals surface area (Å²) in [5, 5.41) is 9.64. The Balaban J connectivity index is 1.59. The molecule has 0 aromatic heterocycles. The minimum Gasteiger partial charge on any atom is -0.488 e. The topological polar surface area (TPSA) is 93.1 Å². The lowest BCUT2D eigenvalue weighted by Crippen LogP contribution is -2.42. The number of aryl methyl sites for hydroxylation is 1. The molecule has 0 bridgehead atoms.